The zero-order valence-corrected chi connectivity index (χ0v) is 21.7. The number of barbiturate groups is 1. The van der Waals surface area contributed by atoms with Gasteiger partial charge in [-0.15, -0.1) is 0 Å². The van der Waals surface area contributed by atoms with Gasteiger partial charge in [0.1, 0.15) is 12.3 Å². The molecule has 40 heavy (non-hydrogen) atoms. The van der Waals surface area contributed by atoms with Crippen LogP contribution in [0.15, 0.2) is 84.9 Å². The Morgan fingerprint density at radius 3 is 1.60 bits per heavy atom. The summed E-state index contributed by atoms with van der Waals surface area (Å²) in [5, 5.41) is 0. The molecule has 2 aliphatic rings. The fourth-order valence-electron chi connectivity index (χ4n) is 4.98. The van der Waals surface area contributed by atoms with Gasteiger partial charge in [0.15, 0.2) is 5.78 Å². The lowest BCUT2D eigenvalue weighted by atomic mass is 9.88. The highest BCUT2D eigenvalue weighted by molar-refractivity contribution is 6.18. The van der Waals surface area contributed by atoms with Gasteiger partial charge in [0, 0.05) is 0 Å². The fourth-order valence-corrected chi connectivity index (χ4v) is 4.98. The summed E-state index contributed by atoms with van der Waals surface area (Å²) >= 11 is 0. The third kappa shape index (κ3) is 5.73. The van der Waals surface area contributed by atoms with Crippen LogP contribution in [-0.4, -0.2) is 50.1 Å². The monoisotopic (exact) mass is 537 g/mol. The van der Waals surface area contributed by atoms with Crippen molar-refractivity contribution in [2.75, 3.05) is 0 Å². The van der Waals surface area contributed by atoms with E-state index in [1.165, 1.54) is 0 Å². The van der Waals surface area contributed by atoms with E-state index in [2.05, 4.69) is 0 Å². The number of benzene rings is 3. The summed E-state index contributed by atoms with van der Waals surface area (Å²) in [5.74, 6) is -3.55. The minimum Gasteiger partial charge on any atom is -0.298 e. The van der Waals surface area contributed by atoms with Crippen molar-refractivity contribution in [3.8, 4) is 0 Å². The topological polar surface area (TPSA) is 112 Å². The molecule has 1 unspecified atom stereocenters. The fraction of sp³-hybridized carbons (Fsp3) is 0.226. The van der Waals surface area contributed by atoms with Gasteiger partial charge in [-0.1, -0.05) is 84.9 Å². The second-order valence-corrected chi connectivity index (χ2v) is 9.93. The molecule has 5 rings (SSSR count). The lowest BCUT2D eigenvalue weighted by Crippen LogP contribution is -2.54. The Labute approximate surface area is 231 Å². The summed E-state index contributed by atoms with van der Waals surface area (Å²) in [6.07, 6.45) is -0.531. The van der Waals surface area contributed by atoms with Gasteiger partial charge in [0.05, 0.1) is 26.1 Å². The Balaban J connectivity index is 1.29. The summed E-state index contributed by atoms with van der Waals surface area (Å²) in [6, 6.07) is 24.4. The molecule has 0 aromatic heterocycles. The van der Waals surface area contributed by atoms with Gasteiger partial charge in [-0.25, -0.2) is 4.79 Å². The van der Waals surface area contributed by atoms with E-state index in [-0.39, 0.29) is 38.3 Å². The number of amides is 6. The number of Topliss-reactive ketones (excluding diaryl/α,β-unsaturated/α-hetero) is 1. The Morgan fingerprint density at radius 1 is 0.525 bits per heavy atom. The Morgan fingerprint density at radius 2 is 1.00 bits per heavy atom. The lowest BCUT2D eigenvalue weighted by Gasteiger charge is -2.33. The van der Waals surface area contributed by atoms with Crippen molar-refractivity contribution in [2.24, 2.45) is 5.92 Å². The Kier molecular flexibility index (Phi) is 7.63. The van der Waals surface area contributed by atoms with Crippen LogP contribution in [0.5, 0.6) is 0 Å². The van der Waals surface area contributed by atoms with Crippen LogP contribution in [0.2, 0.25) is 0 Å². The SMILES string of the molecule is O=C1CC(=O)N(Cc2cccc(CN3C(=O)CC(=O)N(Cc4ccccc4)C3=O)c2)C(=O)C1Cc1ccccc1. The number of hydrogen-bond acceptors (Lipinski definition) is 6. The van der Waals surface area contributed by atoms with Gasteiger partial charge in [-0.05, 0) is 28.7 Å². The first-order valence-corrected chi connectivity index (χ1v) is 13.0. The van der Waals surface area contributed by atoms with Crippen molar-refractivity contribution in [1.29, 1.82) is 0 Å². The highest BCUT2D eigenvalue weighted by Gasteiger charge is 2.40. The molecule has 0 saturated carbocycles. The minimum atomic E-state index is -0.931. The number of carbonyl (C=O) groups is 6. The molecule has 2 heterocycles. The molecule has 1 atom stereocenters. The van der Waals surface area contributed by atoms with E-state index in [1.807, 2.05) is 36.4 Å². The molecule has 3 aromatic rings. The number of hydrogen-bond donors (Lipinski definition) is 0. The van der Waals surface area contributed by atoms with Gasteiger partial charge in [-0.3, -0.25) is 38.7 Å². The number of urea groups is 1. The van der Waals surface area contributed by atoms with Crippen LogP contribution in [0.25, 0.3) is 0 Å². The second-order valence-electron chi connectivity index (χ2n) is 9.93. The number of nitrogens with zero attached hydrogens (tertiary/aromatic N) is 3. The number of rotatable bonds is 8. The van der Waals surface area contributed by atoms with Gasteiger partial charge < -0.3 is 0 Å². The number of imide groups is 3. The number of likely N-dealkylation sites (tertiary alicyclic amines) is 1. The molecular weight excluding hydrogens is 510 g/mol. The molecule has 9 heteroatoms. The first-order chi connectivity index (χ1) is 19.3. The molecule has 0 spiro atoms. The Bertz CT molecular complexity index is 1380. The van der Waals surface area contributed by atoms with Gasteiger partial charge >= 0.3 is 6.03 Å². The molecule has 2 fully saturated rings. The predicted octanol–water partition coefficient (Wildman–Crippen LogP) is 3.25. The second kappa shape index (κ2) is 11.4. The largest absolute Gasteiger partial charge is 0.334 e. The zero-order chi connectivity index (χ0) is 28.2. The van der Waals surface area contributed by atoms with Crippen molar-refractivity contribution in [3.05, 3.63) is 107 Å². The summed E-state index contributed by atoms with van der Waals surface area (Å²) < 4.78 is 0. The smallest absolute Gasteiger partial charge is 0.298 e. The molecule has 9 nitrogen and oxygen atoms in total. The maximum atomic E-state index is 13.2. The van der Waals surface area contributed by atoms with Gasteiger partial charge in [0.2, 0.25) is 23.6 Å². The molecule has 6 amide bonds. The normalized spacial score (nSPS) is 18.1. The summed E-state index contributed by atoms with van der Waals surface area (Å²) in [6.45, 7) is -0.0456. The number of piperidine rings is 1. The zero-order valence-electron chi connectivity index (χ0n) is 21.7. The van der Waals surface area contributed by atoms with Gasteiger partial charge in [0.25, 0.3) is 0 Å². The van der Waals surface area contributed by atoms with E-state index in [4.69, 9.17) is 0 Å². The van der Waals surface area contributed by atoms with Crippen molar-refractivity contribution >= 4 is 35.4 Å². The van der Waals surface area contributed by atoms with E-state index in [0.29, 0.717) is 11.1 Å². The van der Waals surface area contributed by atoms with Crippen molar-refractivity contribution in [1.82, 2.24) is 14.7 Å². The van der Waals surface area contributed by atoms with E-state index < -0.39 is 42.0 Å². The minimum absolute atomic E-state index is 0.0371. The molecule has 2 aliphatic heterocycles. The van der Waals surface area contributed by atoms with Crippen LogP contribution in [0.4, 0.5) is 4.79 Å². The van der Waals surface area contributed by atoms with Crippen LogP contribution < -0.4 is 0 Å². The summed E-state index contributed by atoms with van der Waals surface area (Å²) in [5.41, 5.74) is 2.81. The molecule has 0 aliphatic carbocycles. The third-order valence-corrected chi connectivity index (χ3v) is 7.08. The van der Waals surface area contributed by atoms with Crippen LogP contribution >= 0.6 is 0 Å². The highest BCUT2D eigenvalue weighted by Crippen LogP contribution is 2.24. The molecule has 0 N–H and O–H groups in total. The molecule has 3 aromatic carbocycles. The standard InChI is InChI=1S/C31H27N3O6/c35-26-16-27(36)32(30(39)25(26)15-21-8-3-1-4-9-21)19-23-12-7-13-24(14-23)20-34-29(38)17-28(37)33(31(34)40)18-22-10-5-2-6-11-22/h1-14,25H,15-20H2. The molecular formula is C31H27N3O6. The Hall–Kier alpha value is -4.92. The van der Waals surface area contributed by atoms with Crippen molar-refractivity contribution in [3.63, 3.8) is 0 Å². The maximum absolute atomic E-state index is 13.2. The van der Waals surface area contributed by atoms with E-state index in [9.17, 15) is 28.8 Å². The number of ketones is 1. The quantitative estimate of drug-likeness (QED) is 0.322. The first kappa shape index (κ1) is 26.7. The van der Waals surface area contributed by atoms with Crippen LogP contribution in [-0.2, 0) is 50.0 Å². The average molecular weight is 538 g/mol. The van der Waals surface area contributed by atoms with E-state index in [0.717, 1.165) is 25.8 Å². The highest BCUT2D eigenvalue weighted by atomic mass is 16.2. The van der Waals surface area contributed by atoms with Crippen molar-refractivity contribution in [2.45, 2.75) is 38.9 Å². The summed E-state index contributed by atoms with van der Waals surface area (Å²) in [4.78, 5) is 79.9. The number of carbonyl (C=O) groups excluding carboxylic acids is 6. The van der Waals surface area contributed by atoms with E-state index in [1.54, 1.807) is 48.5 Å². The predicted molar refractivity (Wildman–Crippen MR) is 143 cm³/mol. The lowest BCUT2D eigenvalue weighted by molar-refractivity contribution is -0.156. The molecule has 0 radical (unpaired) electrons. The van der Waals surface area contributed by atoms with Crippen LogP contribution in [0, 0.1) is 5.92 Å². The summed E-state index contributed by atoms with van der Waals surface area (Å²) in [7, 11) is 0. The first-order valence-electron chi connectivity index (χ1n) is 13.0. The molecule has 0 bridgehead atoms. The van der Waals surface area contributed by atoms with Gasteiger partial charge in [-0.2, -0.15) is 0 Å². The molecule has 2 saturated heterocycles. The van der Waals surface area contributed by atoms with E-state index >= 15 is 0 Å². The third-order valence-electron chi connectivity index (χ3n) is 7.08. The molecule has 202 valence electrons. The average Bonchev–Trinajstić information content (AvgIpc) is 2.95. The van der Waals surface area contributed by atoms with Crippen LogP contribution in [0.3, 0.4) is 0 Å². The van der Waals surface area contributed by atoms with Crippen molar-refractivity contribution < 1.29 is 28.8 Å². The van der Waals surface area contributed by atoms with Crippen LogP contribution in [0.1, 0.15) is 35.1 Å². The maximum Gasteiger partial charge on any atom is 0.334 e.